The normalized spacial score (nSPS) is 13.1. The van der Waals surface area contributed by atoms with Crippen LogP contribution in [0.3, 0.4) is 0 Å². The van der Waals surface area contributed by atoms with Gasteiger partial charge in [0.1, 0.15) is 5.82 Å². The average Bonchev–Trinajstić information content (AvgIpc) is 2.56. The Hall–Kier alpha value is -2.70. The predicted molar refractivity (Wildman–Crippen MR) is 87.0 cm³/mol. The van der Waals surface area contributed by atoms with E-state index in [1.165, 1.54) is 0 Å². The zero-order valence-electron chi connectivity index (χ0n) is 13.3. The predicted octanol–water partition coefficient (Wildman–Crippen LogP) is 1.57. The van der Waals surface area contributed by atoms with Crippen LogP contribution >= 0.6 is 0 Å². The summed E-state index contributed by atoms with van der Waals surface area (Å²) in [5.41, 5.74) is 14.5. The van der Waals surface area contributed by atoms with Crippen LogP contribution in [0.1, 0.15) is 23.1 Å². The highest BCUT2D eigenvalue weighted by Crippen LogP contribution is 2.44. The molecule has 4 N–H and O–H groups in total. The van der Waals surface area contributed by atoms with Gasteiger partial charge in [0.2, 0.25) is 11.7 Å². The Bertz CT molecular complexity index is 734. The third-order valence-electron chi connectivity index (χ3n) is 3.94. The number of methoxy groups -OCH3 is 2. The van der Waals surface area contributed by atoms with E-state index in [0.717, 1.165) is 35.3 Å². The minimum Gasteiger partial charge on any atom is -0.493 e. The molecule has 0 bridgehead atoms. The SMILES string of the molecule is COc1cc(Cc2cnc(N)nc2N)c2c(c1OC)OCCC2. The van der Waals surface area contributed by atoms with Crippen LogP contribution in [0.4, 0.5) is 11.8 Å². The molecule has 0 saturated carbocycles. The van der Waals surface area contributed by atoms with E-state index in [9.17, 15) is 0 Å². The molecule has 7 nitrogen and oxygen atoms in total. The molecule has 0 atom stereocenters. The lowest BCUT2D eigenvalue weighted by Crippen LogP contribution is -2.13. The zero-order chi connectivity index (χ0) is 16.4. The number of nitrogen functional groups attached to an aromatic ring is 2. The molecule has 2 heterocycles. The monoisotopic (exact) mass is 316 g/mol. The van der Waals surface area contributed by atoms with Crippen molar-refractivity contribution in [2.75, 3.05) is 32.3 Å². The van der Waals surface area contributed by atoms with Crippen LogP contribution in [0.5, 0.6) is 17.2 Å². The highest BCUT2D eigenvalue weighted by atomic mass is 16.5. The third kappa shape index (κ3) is 2.81. The van der Waals surface area contributed by atoms with Crippen molar-refractivity contribution in [1.82, 2.24) is 9.97 Å². The number of nitrogens with zero attached hydrogens (tertiary/aromatic N) is 2. The van der Waals surface area contributed by atoms with Gasteiger partial charge in [0.25, 0.3) is 0 Å². The molecule has 0 saturated heterocycles. The number of nitrogens with two attached hydrogens (primary N) is 2. The summed E-state index contributed by atoms with van der Waals surface area (Å²) in [6.45, 7) is 0.670. The van der Waals surface area contributed by atoms with Gasteiger partial charge in [-0.3, -0.25) is 0 Å². The number of fused-ring (bicyclic) bond motifs is 1. The summed E-state index contributed by atoms with van der Waals surface area (Å²) in [5.74, 6) is 2.58. The van der Waals surface area contributed by atoms with Gasteiger partial charge in [0, 0.05) is 23.7 Å². The minimum atomic E-state index is 0.170. The van der Waals surface area contributed by atoms with Crippen molar-refractivity contribution in [3.8, 4) is 17.2 Å². The van der Waals surface area contributed by atoms with Crippen molar-refractivity contribution in [2.24, 2.45) is 0 Å². The lowest BCUT2D eigenvalue weighted by Gasteiger charge is -2.24. The third-order valence-corrected chi connectivity index (χ3v) is 3.94. The summed E-state index contributed by atoms with van der Waals surface area (Å²) in [5, 5.41) is 0. The van der Waals surface area contributed by atoms with Crippen LogP contribution < -0.4 is 25.7 Å². The number of aromatic nitrogens is 2. The highest BCUT2D eigenvalue weighted by Gasteiger charge is 2.24. The smallest absolute Gasteiger partial charge is 0.221 e. The first-order chi connectivity index (χ1) is 11.1. The molecule has 1 aliphatic rings. The molecule has 0 amide bonds. The van der Waals surface area contributed by atoms with Crippen molar-refractivity contribution in [3.63, 3.8) is 0 Å². The van der Waals surface area contributed by atoms with Gasteiger partial charge in [0.15, 0.2) is 11.5 Å². The zero-order valence-corrected chi connectivity index (χ0v) is 13.3. The number of benzene rings is 1. The molecule has 3 rings (SSSR count). The van der Waals surface area contributed by atoms with E-state index in [4.69, 9.17) is 25.7 Å². The van der Waals surface area contributed by atoms with Gasteiger partial charge in [-0.1, -0.05) is 0 Å². The molecule has 0 unspecified atom stereocenters. The van der Waals surface area contributed by atoms with Gasteiger partial charge in [-0.2, -0.15) is 4.98 Å². The molecular formula is C16H20N4O3. The molecule has 122 valence electrons. The maximum atomic E-state index is 5.95. The fraction of sp³-hybridized carbons (Fsp3) is 0.375. The van der Waals surface area contributed by atoms with Crippen molar-refractivity contribution < 1.29 is 14.2 Å². The van der Waals surface area contributed by atoms with Crippen molar-refractivity contribution in [3.05, 3.63) is 29.0 Å². The van der Waals surface area contributed by atoms with Gasteiger partial charge in [0.05, 0.1) is 20.8 Å². The fourth-order valence-corrected chi connectivity index (χ4v) is 2.83. The summed E-state index contributed by atoms with van der Waals surface area (Å²) in [7, 11) is 3.22. The molecule has 2 aromatic rings. The Labute approximate surface area is 134 Å². The first kappa shape index (κ1) is 15.2. The van der Waals surface area contributed by atoms with Crippen LogP contribution in [-0.2, 0) is 12.8 Å². The molecule has 0 radical (unpaired) electrons. The molecule has 1 aliphatic heterocycles. The second kappa shape index (κ2) is 6.20. The van der Waals surface area contributed by atoms with Crippen LogP contribution in [0.15, 0.2) is 12.3 Å². The number of anilines is 2. The van der Waals surface area contributed by atoms with Crippen molar-refractivity contribution in [1.29, 1.82) is 0 Å². The van der Waals surface area contributed by atoms with Gasteiger partial charge in [-0.05, 0) is 24.5 Å². The quantitative estimate of drug-likeness (QED) is 0.882. The molecule has 0 aliphatic carbocycles. The average molecular weight is 316 g/mol. The maximum Gasteiger partial charge on any atom is 0.221 e. The van der Waals surface area contributed by atoms with E-state index in [1.54, 1.807) is 20.4 Å². The molecule has 0 spiro atoms. The van der Waals surface area contributed by atoms with Crippen molar-refractivity contribution in [2.45, 2.75) is 19.3 Å². The Morgan fingerprint density at radius 1 is 1.22 bits per heavy atom. The lowest BCUT2D eigenvalue weighted by molar-refractivity contribution is 0.261. The summed E-state index contributed by atoms with van der Waals surface area (Å²) in [6.07, 6.45) is 4.12. The molecule has 1 aromatic heterocycles. The standard InChI is InChI=1S/C16H20N4O3/c1-21-12-7-9(6-10-8-19-16(18)20-15(10)17)11-4-3-5-23-13(11)14(12)22-2/h7-8H,3-6H2,1-2H3,(H4,17,18,19,20). The second-order valence-corrected chi connectivity index (χ2v) is 5.35. The minimum absolute atomic E-state index is 0.170. The Balaban J connectivity index is 2.08. The first-order valence-electron chi connectivity index (χ1n) is 7.40. The number of rotatable bonds is 4. The topological polar surface area (TPSA) is 106 Å². The van der Waals surface area contributed by atoms with E-state index in [1.807, 2.05) is 6.07 Å². The summed E-state index contributed by atoms with van der Waals surface area (Å²) >= 11 is 0. The Morgan fingerprint density at radius 3 is 2.74 bits per heavy atom. The van der Waals surface area contributed by atoms with Gasteiger partial charge in [-0.25, -0.2) is 4.98 Å². The first-order valence-corrected chi connectivity index (χ1v) is 7.40. The van der Waals surface area contributed by atoms with Gasteiger partial charge >= 0.3 is 0 Å². The molecular weight excluding hydrogens is 296 g/mol. The Morgan fingerprint density at radius 2 is 2.04 bits per heavy atom. The van der Waals surface area contributed by atoms with Gasteiger partial charge in [-0.15, -0.1) is 0 Å². The van der Waals surface area contributed by atoms with Crippen LogP contribution in [0.25, 0.3) is 0 Å². The molecule has 23 heavy (non-hydrogen) atoms. The van der Waals surface area contributed by atoms with Crippen LogP contribution in [-0.4, -0.2) is 30.8 Å². The van der Waals surface area contributed by atoms with Gasteiger partial charge < -0.3 is 25.7 Å². The molecule has 7 heteroatoms. The number of ether oxygens (including phenoxy) is 3. The number of hydrogen-bond acceptors (Lipinski definition) is 7. The van der Waals surface area contributed by atoms with E-state index in [2.05, 4.69) is 9.97 Å². The molecule has 1 aromatic carbocycles. The summed E-state index contributed by atoms with van der Waals surface area (Å²) < 4.78 is 16.7. The largest absolute Gasteiger partial charge is 0.493 e. The number of hydrogen-bond donors (Lipinski definition) is 2. The Kier molecular flexibility index (Phi) is 4.10. The highest BCUT2D eigenvalue weighted by molar-refractivity contribution is 5.61. The van der Waals surface area contributed by atoms with E-state index >= 15 is 0 Å². The maximum absolute atomic E-state index is 5.95. The van der Waals surface area contributed by atoms with Crippen LogP contribution in [0.2, 0.25) is 0 Å². The van der Waals surface area contributed by atoms with E-state index < -0.39 is 0 Å². The van der Waals surface area contributed by atoms with Crippen LogP contribution in [0, 0.1) is 0 Å². The summed E-state index contributed by atoms with van der Waals surface area (Å²) in [6, 6.07) is 1.96. The summed E-state index contributed by atoms with van der Waals surface area (Å²) in [4.78, 5) is 8.04. The van der Waals surface area contributed by atoms with E-state index in [-0.39, 0.29) is 5.95 Å². The lowest BCUT2D eigenvalue weighted by atomic mass is 9.94. The van der Waals surface area contributed by atoms with Crippen molar-refractivity contribution >= 4 is 11.8 Å². The molecule has 0 fully saturated rings. The van der Waals surface area contributed by atoms with E-state index in [0.29, 0.717) is 30.3 Å². The fourth-order valence-electron chi connectivity index (χ4n) is 2.83. The second-order valence-electron chi connectivity index (χ2n) is 5.35.